The molecule has 0 atom stereocenters. The molecule has 0 radical (unpaired) electrons. The molecule has 2 rings (SSSR count). The summed E-state index contributed by atoms with van der Waals surface area (Å²) in [7, 11) is 0. The number of aromatic nitrogens is 1. The van der Waals surface area contributed by atoms with E-state index in [-0.39, 0.29) is 0 Å². The fourth-order valence-corrected chi connectivity index (χ4v) is 1.76. The molecule has 1 heterocycles. The van der Waals surface area contributed by atoms with Crippen LogP contribution in [0.15, 0.2) is 34.9 Å². The molecule has 0 aliphatic carbocycles. The van der Waals surface area contributed by atoms with Gasteiger partial charge in [0.25, 0.3) is 0 Å². The van der Waals surface area contributed by atoms with Gasteiger partial charge in [0, 0.05) is 12.3 Å². The Hall–Kier alpha value is -1.26. The van der Waals surface area contributed by atoms with Gasteiger partial charge in [0.15, 0.2) is 0 Å². The summed E-state index contributed by atoms with van der Waals surface area (Å²) in [6.07, 6.45) is 1.69. The van der Waals surface area contributed by atoms with Crippen LogP contribution in [0, 0.1) is 6.92 Å². The number of nitrogens with zero attached hydrogens (tertiary/aromatic N) is 1. The van der Waals surface area contributed by atoms with Crippen LogP contribution in [-0.4, -0.2) is 4.98 Å². The van der Waals surface area contributed by atoms with Crippen molar-refractivity contribution in [1.82, 2.24) is 4.98 Å². The van der Waals surface area contributed by atoms with Gasteiger partial charge in [-0.3, -0.25) is 0 Å². The molecular weight excluding hydrogens is 304 g/mol. The molecule has 0 aliphatic heterocycles. The second kappa shape index (κ2) is 4.94. The number of aryl methyl sites for hydroxylation is 1. The second-order valence-electron chi connectivity index (χ2n) is 3.53. The van der Waals surface area contributed by atoms with Crippen LogP contribution in [0.5, 0.6) is 11.6 Å². The summed E-state index contributed by atoms with van der Waals surface area (Å²) < 4.78 is 6.45. The zero-order chi connectivity index (χ0) is 12.4. The fourth-order valence-electron chi connectivity index (χ4n) is 1.27. The zero-order valence-electron chi connectivity index (χ0n) is 9.08. The number of ether oxygens (including phenoxy) is 1. The highest BCUT2D eigenvalue weighted by Gasteiger charge is 2.07. The quantitative estimate of drug-likeness (QED) is 0.846. The molecule has 3 nitrogen and oxygen atoms in total. The first kappa shape index (κ1) is 12.2. The Morgan fingerprint density at radius 3 is 2.82 bits per heavy atom. The molecule has 17 heavy (non-hydrogen) atoms. The summed E-state index contributed by atoms with van der Waals surface area (Å²) >= 11 is 9.34. The second-order valence-corrected chi connectivity index (χ2v) is 4.73. The van der Waals surface area contributed by atoms with E-state index in [4.69, 9.17) is 22.1 Å². The number of rotatable bonds is 2. The number of pyridine rings is 1. The molecule has 2 N–H and O–H groups in total. The van der Waals surface area contributed by atoms with E-state index in [0.717, 1.165) is 10.0 Å². The third kappa shape index (κ3) is 2.70. The van der Waals surface area contributed by atoms with Gasteiger partial charge in [-0.25, -0.2) is 4.98 Å². The third-order valence-corrected chi connectivity index (χ3v) is 3.53. The lowest BCUT2D eigenvalue weighted by Crippen LogP contribution is -1.92. The Morgan fingerprint density at radius 1 is 1.35 bits per heavy atom. The lowest BCUT2D eigenvalue weighted by molar-refractivity contribution is 0.459. The summed E-state index contributed by atoms with van der Waals surface area (Å²) in [5.74, 6) is 1.11. The van der Waals surface area contributed by atoms with Gasteiger partial charge in [0.2, 0.25) is 5.88 Å². The van der Waals surface area contributed by atoms with E-state index in [9.17, 15) is 0 Å². The van der Waals surface area contributed by atoms with Crippen LogP contribution >= 0.6 is 27.5 Å². The Bertz CT molecular complexity index is 560. The molecule has 0 saturated carbocycles. The molecule has 0 amide bonds. The zero-order valence-corrected chi connectivity index (χ0v) is 11.4. The molecule has 5 heteroatoms. The van der Waals surface area contributed by atoms with Crippen molar-refractivity contribution in [3.8, 4) is 11.6 Å². The number of benzene rings is 1. The first-order chi connectivity index (χ1) is 8.08. The van der Waals surface area contributed by atoms with Gasteiger partial charge in [-0.2, -0.15) is 0 Å². The van der Waals surface area contributed by atoms with Crippen LogP contribution in [0.4, 0.5) is 5.69 Å². The van der Waals surface area contributed by atoms with E-state index in [2.05, 4.69) is 20.9 Å². The number of nitrogen functional groups attached to an aromatic ring is 1. The van der Waals surface area contributed by atoms with Crippen LogP contribution in [0.3, 0.4) is 0 Å². The Morgan fingerprint density at radius 2 is 2.12 bits per heavy atom. The van der Waals surface area contributed by atoms with Crippen LogP contribution in [0.2, 0.25) is 5.02 Å². The van der Waals surface area contributed by atoms with Crippen molar-refractivity contribution < 1.29 is 4.74 Å². The number of halogens is 2. The monoisotopic (exact) mass is 312 g/mol. The standard InChI is InChI=1S/C12H10BrClN2O/c1-7-4-5-16-12(11(7)13)17-8-2-3-10(15)9(14)6-8/h2-6H,15H2,1H3. The average Bonchev–Trinajstić information content (AvgIpc) is 2.30. The van der Waals surface area contributed by atoms with Gasteiger partial charge in [-0.05, 0) is 46.6 Å². The van der Waals surface area contributed by atoms with Crippen molar-refractivity contribution >= 4 is 33.2 Å². The van der Waals surface area contributed by atoms with E-state index in [1.807, 2.05) is 13.0 Å². The lowest BCUT2D eigenvalue weighted by Gasteiger charge is -2.08. The first-order valence-corrected chi connectivity index (χ1v) is 6.09. The number of hydrogen-bond donors (Lipinski definition) is 1. The predicted octanol–water partition coefficient (Wildman–Crippen LogP) is 4.18. The first-order valence-electron chi connectivity index (χ1n) is 4.92. The molecule has 1 aromatic carbocycles. The minimum Gasteiger partial charge on any atom is -0.438 e. The summed E-state index contributed by atoms with van der Waals surface area (Å²) in [4.78, 5) is 4.14. The molecule has 1 aromatic heterocycles. The molecule has 0 fully saturated rings. The number of anilines is 1. The van der Waals surface area contributed by atoms with Crippen molar-refractivity contribution in [3.05, 3.63) is 45.5 Å². The third-order valence-electron chi connectivity index (χ3n) is 2.24. The van der Waals surface area contributed by atoms with Crippen molar-refractivity contribution in [2.45, 2.75) is 6.92 Å². The molecule has 2 aromatic rings. The normalized spacial score (nSPS) is 10.3. The topological polar surface area (TPSA) is 48.1 Å². The molecular formula is C12H10BrClN2O. The van der Waals surface area contributed by atoms with E-state index < -0.39 is 0 Å². The van der Waals surface area contributed by atoms with E-state index in [1.54, 1.807) is 24.4 Å². The molecule has 0 unspecified atom stereocenters. The molecule has 88 valence electrons. The van der Waals surface area contributed by atoms with Gasteiger partial charge < -0.3 is 10.5 Å². The van der Waals surface area contributed by atoms with Gasteiger partial charge in [0.05, 0.1) is 15.2 Å². The van der Waals surface area contributed by atoms with Gasteiger partial charge in [-0.15, -0.1) is 0 Å². The van der Waals surface area contributed by atoms with E-state index >= 15 is 0 Å². The SMILES string of the molecule is Cc1ccnc(Oc2ccc(N)c(Cl)c2)c1Br. The van der Waals surface area contributed by atoms with Gasteiger partial charge in [-0.1, -0.05) is 11.6 Å². The van der Waals surface area contributed by atoms with Crippen LogP contribution in [0.1, 0.15) is 5.56 Å². The highest BCUT2D eigenvalue weighted by molar-refractivity contribution is 9.10. The Labute approximate surface area is 113 Å². The lowest BCUT2D eigenvalue weighted by atomic mass is 10.3. The fraction of sp³-hybridized carbons (Fsp3) is 0.0833. The van der Waals surface area contributed by atoms with Crippen molar-refractivity contribution in [1.29, 1.82) is 0 Å². The Balaban J connectivity index is 2.31. The molecule has 0 bridgehead atoms. The highest BCUT2D eigenvalue weighted by Crippen LogP contribution is 2.32. The minimum atomic E-state index is 0.464. The highest BCUT2D eigenvalue weighted by atomic mass is 79.9. The molecule has 0 aliphatic rings. The smallest absolute Gasteiger partial charge is 0.233 e. The average molecular weight is 314 g/mol. The minimum absolute atomic E-state index is 0.464. The molecule has 0 spiro atoms. The maximum Gasteiger partial charge on any atom is 0.233 e. The van der Waals surface area contributed by atoms with Crippen LogP contribution in [0.25, 0.3) is 0 Å². The van der Waals surface area contributed by atoms with E-state index in [0.29, 0.717) is 22.3 Å². The van der Waals surface area contributed by atoms with Crippen molar-refractivity contribution in [3.63, 3.8) is 0 Å². The van der Waals surface area contributed by atoms with E-state index in [1.165, 1.54) is 0 Å². The molecule has 0 saturated heterocycles. The Kier molecular flexibility index (Phi) is 3.54. The summed E-state index contributed by atoms with van der Waals surface area (Å²) in [5, 5.41) is 0.464. The van der Waals surface area contributed by atoms with Crippen molar-refractivity contribution in [2.75, 3.05) is 5.73 Å². The van der Waals surface area contributed by atoms with Gasteiger partial charge in [0.1, 0.15) is 5.75 Å². The van der Waals surface area contributed by atoms with Gasteiger partial charge >= 0.3 is 0 Å². The largest absolute Gasteiger partial charge is 0.438 e. The van der Waals surface area contributed by atoms with Crippen LogP contribution in [-0.2, 0) is 0 Å². The van der Waals surface area contributed by atoms with Crippen LogP contribution < -0.4 is 10.5 Å². The maximum atomic E-state index is 5.91. The summed E-state index contributed by atoms with van der Waals surface area (Å²) in [6, 6.07) is 7.00. The summed E-state index contributed by atoms with van der Waals surface area (Å²) in [5.41, 5.74) is 7.20. The maximum absolute atomic E-state index is 5.91. The predicted molar refractivity (Wildman–Crippen MR) is 72.6 cm³/mol. The van der Waals surface area contributed by atoms with Crippen molar-refractivity contribution in [2.24, 2.45) is 0 Å². The number of hydrogen-bond acceptors (Lipinski definition) is 3. The number of nitrogens with two attached hydrogens (primary N) is 1. The summed E-state index contributed by atoms with van der Waals surface area (Å²) in [6.45, 7) is 1.97.